The van der Waals surface area contributed by atoms with Crippen molar-refractivity contribution in [3.05, 3.63) is 88.0 Å². The summed E-state index contributed by atoms with van der Waals surface area (Å²) in [4.78, 5) is 22.4. The number of ether oxygens (including phenoxy) is 1. The van der Waals surface area contributed by atoms with Crippen LogP contribution in [0.4, 0.5) is 5.69 Å². The monoisotopic (exact) mass is 422 g/mol. The van der Waals surface area contributed by atoms with Gasteiger partial charge in [-0.15, -0.1) is 0 Å². The van der Waals surface area contributed by atoms with E-state index < -0.39 is 26.4 Å². The zero-order chi connectivity index (χ0) is 21.9. The van der Waals surface area contributed by atoms with E-state index in [9.17, 15) is 23.3 Å². The molecule has 8 nitrogen and oxygen atoms in total. The summed E-state index contributed by atoms with van der Waals surface area (Å²) in [6.07, 6.45) is 0.892. The number of hydrogen-bond acceptors (Lipinski definition) is 7. The van der Waals surface area contributed by atoms with Crippen LogP contribution in [0.15, 0.2) is 71.6 Å². The summed E-state index contributed by atoms with van der Waals surface area (Å²) in [5.74, 6) is -0.737. The van der Waals surface area contributed by atoms with Crippen LogP contribution in [0.3, 0.4) is 0 Å². The van der Waals surface area contributed by atoms with Crippen LogP contribution in [-0.4, -0.2) is 25.6 Å². The number of rotatable bonds is 5. The second-order valence-corrected chi connectivity index (χ2v) is 8.36. The molecule has 0 saturated heterocycles. The van der Waals surface area contributed by atoms with Crippen LogP contribution < -0.4 is 4.74 Å². The molecule has 0 atom stereocenters. The Kier molecular flexibility index (Phi) is 5.62. The molecule has 3 aromatic carbocycles. The standard InChI is InChI=1S/C21H14N2O6S/c1-30(27,28)20-11-17(10-18(12-20)23(25)26)21(24)29-19-8-6-16(7-9-19)15-4-2-14(13-22)3-5-15/h2-12H,1H3. The summed E-state index contributed by atoms with van der Waals surface area (Å²) in [5, 5.41) is 19.9. The maximum atomic E-state index is 12.4. The van der Waals surface area contributed by atoms with Gasteiger partial charge in [-0.05, 0) is 41.5 Å². The Labute approximate surface area is 172 Å². The molecule has 3 rings (SSSR count). The Morgan fingerprint density at radius 2 is 1.57 bits per heavy atom. The van der Waals surface area contributed by atoms with Crippen LogP contribution in [0.2, 0.25) is 0 Å². The summed E-state index contributed by atoms with van der Waals surface area (Å²) in [5.41, 5.74) is 1.45. The normalized spacial score (nSPS) is 10.8. The van der Waals surface area contributed by atoms with Crippen molar-refractivity contribution in [2.45, 2.75) is 4.90 Å². The van der Waals surface area contributed by atoms with Crippen molar-refractivity contribution >= 4 is 21.5 Å². The molecule has 30 heavy (non-hydrogen) atoms. The molecule has 0 aliphatic heterocycles. The highest BCUT2D eigenvalue weighted by Crippen LogP contribution is 2.25. The quantitative estimate of drug-likeness (QED) is 0.265. The highest BCUT2D eigenvalue weighted by atomic mass is 32.2. The number of benzene rings is 3. The van der Waals surface area contributed by atoms with Gasteiger partial charge in [-0.25, -0.2) is 13.2 Å². The lowest BCUT2D eigenvalue weighted by molar-refractivity contribution is -0.385. The Bertz CT molecular complexity index is 1270. The van der Waals surface area contributed by atoms with Crippen LogP contribution in [0.1, 0.15) is 15.9 Å². The van der Waals surface area contributed by atoms with E-state index in [0.717, 1.165) is 35.6 Å². The molecule has 0 aliphatic rings. The predicted octanol–water partition coefficient (Wildman–Crippen LogP) is 3.76. The number of carbonyl (C=O) groups excluding carboxylic acids is 1. The zero-order valence-corrected chi connectivity index (χ0v) is 16.4. The molecule has 0 saturated carbocycles. The average Bonchev–Trinajstić information content (AvgIpc) is 2.73. The SMILES string of the molecule is CS(=O)(=O)c1cc(C(=O)Oc2ccc(-c3ccc(C#N)cc3)cc2)cc([N+](=O)[O-])c1. The first-order chi connectivity index (χ1) is 14.2. The fraction of sp³-hybridized carbons (Fsp3) is 0.0476. The molecule has 0 aromatic heterocycles. The first-order valence-corrected chi connectivity index (χ1v) is 10.4. The fourth-order valence-corrected chi connectivity index (χ4v) is 3.32. The third-order valence-corrected chi connectivity index (χ3v) is 5.27. The minimum Gasteiger partial charge on any atom is -0.423 e. The molecule has 150 valence electrons. The van der Waals surface area contributed by atoms with Crippen molar-refractivity contribution in [3.8, 4) is 22.9 Å². The number of nitriles is 1. The first kappa shape index (κ1) is 20.7. The number of nitro groups is 1. The van der Waals surface area contributed by atoms with Gasteiger partial charge in [0.15, 0.2) is 9.84 Å². The average molecular weight is 422 g/mol. The van der Waals surface area contributed by atoms with Crippen molar-refractivity contribution in [2.75, 3.05) is 6.26 Å². The van der Waals surface area contributed by atoms with E-state index in [4.69, 9.17) is 10.00 Å². The van der Waals surface area contributed by atoms with E-state index in [1.165, 1.54) is 0 Å². The van der Waals surface area contributed by atoms with Crippen molar-refractivity contribution in [1.29, 1.82) is 5.26 Å². The number of hydrogen-bond donors (Lipinski definition) is 0. The van der Waals surface area contributed by atoms with E-state index in [1.807, 2.05) is 6.07 Å². The molecular formula is C21H14N2O6S. The van der Waals surface area contributed by atoms with Gasteiger partial charge in [-0.3, -0.25) is 10.1 Å². The second kappa shape index (κ2) is 8.14. The minimum atomic E-state index is -3.76. The lowest BCUT2D eigenvalue weighted by atomic mass is 10.0. The number of nitro benzene ring substituents is 1. The molecule has 0 radical (unpaired) electrons. The third-order valence-electron chi connectivity index (χ3n) is 4.18. The van der Waals surface area contributed by atoms with Gasteiger partial charge < -0.3 is 4.74 Å². The topological polar surface area (TPSA) is 127 Å². The Morgan fingerprint density at radius 3 is 2.07 bits per heavy atom. The molecule has 3 aromatic rings. The highest BCUT2D eigenvalue weighted by molar-refractivity contribution is 7.90. The molecule has 0 aliphatic carbocycles. The molecular weight excluding hydrogens is 408 g/mol. The van der Waals surface area contributed by atoms with Crippen molar-refractivity contribution < 1.29 is 22.9 Å². The number of esters is 1. The highest BCUT2D eigenvalue weighted by Gasteiger charge is 2.20. The molecule has 0 spiro atoms. The number of carbonyl (C=O) groups is 1. The van der Waals surface area contributed by atoms with Gasteiger partial charge >= 0.3 is 5.97 Å². The zero-order valence-electron chi connectivity index (χ0n) is 15.6. The van der Waals surface area contributed by atoms with E-state index in [2.05, 4.69) is 0 Å². The van der Waals surface area contributed by atoms with Gasteiger partial charge in [0.05, 0.1) is 27.0 Å². The van der Waals surface area contributed by atoms with Gasteiger partial charge in [-0.1, -0.05) is 24.3 Å². The van der Waals surface area contributed by atoms with Gasteiger partial charge in [0, 0.05) is 18.4 Å². The molecule has 9 heteroatoms. The number of non-ortho nitro benzene ring substituents is 1. The van der Waals surface area contributed by atoms with E-state index in [0.29, 0.717) is 5.56 Å². The van der Waals surface area contributed by atoms with Gasteiger partial charge in [0.1, 0.15) is 5.75 Å². The van der Waals surface area contributed by atoms with E-state index in [-0.39, 0.29) is 16.2 Å². The Balaban J connectivity index is 1.84. The van der Waals surface area contributed by atoms with E-state index in [1.54, 1.807) is 48.5 Å². The Hall–Kier alpha value is -4.03. The van der Waals surface area contributed by atoms with Crippen molar-refractivity contribution in [1.82, 2.24) is 0 Å². The lowest BCUT2D eigenvalue weighted by Gasteiger charge is -2.07. The maximum Gasteiger partial charge on any atom is 0.343 e. The summed E-state index contributed by atoms with van der Waals surface area (Å²) >= 11 is 0. The molecule has 0 amide bonds. The van der Waals surface area contributed by atoms with Gasteiger partial charge in [0.25, 0.3) is 5.69 Å². The number of nitrogens with zero attached hydrogens (tertiary/aromatic N) is 2. The summed E-state index contributed by atoms with van der Waals surface area (Å²) < 4.78 is 28.8. The van der Waals surface area contributed by atoms with Gasteiger partial charge in [0.2, 0.25) is 0 Å². The molecule has 0 fully saturated rings. The van der Waals surface area contributed by atoms with Crippen molar-refractivity contribution in [2.24, 2.45) is 0 Å². The second-order valence-electron chi connectivity index (χ2n) is 6.35. The molecule has 0 N–H and O–H groups in total. The van der Waals surface area contributed by atoms with Crippen molar-refractivity contribution in [3.63, 3.8) is 0 Å². The Morgan fingerprint density at radius 1 is 1.00 bits per heavy atom. The molecule has 0 heterocycles. The maximum absolute atomic E-state index is 12.4. The smallest absolute Gasteiger partial charge is 0.343 e. The predicted molar refractivity (Wildman–Crippen MR) is 108 cm³/mol. The summed E-state index contributed by atoms with van der Waals surface area (Å²) in [6, 6.07) is 18.4. The number of sulfone groups is 1. The summed E-state index contributed by atoms with van der Waals surface area (Å²) in [6.45, 7) is 0. The fourth-order valence-electron chi connectivity index (χ4n) is 2.64. The van der Waals surface area contributed by atoms with Crippen LogP contribution >= 0.6 is 0 Å². The van der Waals surface area contributed by atoms with Crippen LogP contribution in [0, 0.1) is 21.4 Å². The van der Waals surface area contributed by atoms with Crippen LogP contribution in [0.5, 0.6) is 5.75 Å². The molecule has 0 bridgehead atoms. The van der Waals surface area contributed by atoms with Crippen LogP contribution in [0.25, 0.3) is 11.1 Å². The van der Waals surface area contributed by atoms with Gasteiger partial charge in [-0.2, -0.15) is 5.26 Å². The van der Waals surface area contributed by atoms with E-state index >= 15 is 0 Å². The molecule has 0 unspecified atom stereocenters. The van der Waals surface area contributed by atoms with Crippen LogP contribution in [-0.2, 0) is 9.84 Å². The summed E-state index contributed by atoms with van der Waals surface area (Å²) in [7, 11) is -3.76. The largest absolute Gasteiger partial charge is 0.423 e. The first-order valence-electron chi connectivity index (χ1n) is 8.50. The minimum absolute atomic E-state index is 0.185. The lowest BCUT2D eigenvalue weighted by Crippen LogP contribution is -2.10. The third kappa shape index (κ3) is 4.68.